The molecular weight excluding hydrogens is 266 g/mol. The summed E-state index contributed by atoms with van der Waals surface area (Å²) in [7, 11) is 2.78. The van der Waals surface area contributed by atoms with Crippen molar-refractivity contribution < 1.29 is 28.9 Å². The summed E-state index contributed by atoms with van der Waals surface area (Å²) in [4.78, 5) is 22.7. The molecule has 0 aromatic heterocycles. The van der Waals surface area contributed by atoms with E-state index in [1.807, 2.05) is 0 Å². The number of hydrogen-bond donors (Lipinski definition) is 2. The number of benzene rings is 1. The summed E-state index contributed by atoms with van der Waals surface area (Å²) in [5.41, 5.74) is 0.198. The van der Waals surface area contributed by atoms with Crippen LogP contribution in [-0.2, 0) is 9.53 Å². The van der Waals surface area contributed by atoms with Crippen molar-refractivity contribution in [2.24, 2.45) is 0 Å². The number of nitrogens with one attached hydrogen (secondary N) is 1. The summed E-state index contributed by atoms with van der Waals surface area (Å²) in [6, 6.07) is 2.62. The van der Waals surface area contributed by atoms with Gasteiger partial charge in [-0.25, -0.2) is 4.79 Å². The van der Waals surface area contributed by atoms with Crippen LogP contribution in [0, 0.1) is 0 Å². The third kappa shape index (κ3) is 3.86. The molecule has 0 aliphatic rings. The lowest BCUT2D eigenvalue weighted by Crippen LogP contribution is -2.19. The van der Waals surface area contributed by atoms with Crippen LogP contribution < -0.4 is 14.8 Å². The Balaban J connectivity index is 3.11. The van der Waals surface area contributed by atoms with Gasteiger partial charge in [0, 0.05) is 6.61 Å². The summed E-state index contributed by atoms with van der Waals surface area (Å²) >= 11 is 0. The van der Waals surface area contributed by atoms with Crippen LogP contribution in [0.25, 0.3) is 0 Å². The average Bonchev–Trinajstić information content (AvgIpc) is 2.43. The van der Waals surface area contributed by atoms with Crippen molar-refractivity contribution in [3.63, 3.8) is 0 Å². The van der Waals surface area contributed by atoms with Gasteiger partial charge in [-0.2, -0.15) is 0 Å². The van der Waals surface area contributed by atoms with Crippen molar-refractivity contribution in [1.82, 2.24) is 0 Å². The molecule has 7 heteroatoms. The first kappa shape index (κ1) is 15.8. The zero-order valence-corrected chi connectivity index (χ0v) is 11.6. The maximum absolute atomic E-state index is 11.6. The molecule has 7 nitrogen and oxygen atoms in total. The lowest BCUT2D eigenvalue weighted by atomic mass is 10.1. The monoisotopic (exact) mass is 283 g/mol. The molecule has 0 fully saturated rings. The highest BCUT2D eigenvalue weighted by molar-refractivity contribution is 5.97. The van der Waals surface area contributed by atoms with Crippen LogP contribution in [0.5, 0.6) is 11.5 Å². The SMILES string of the molecule is CCOCC(=O)Nc1cc(C(=O)O)cc(OC)c1OC. The second-order valence-electron chi connectivity index (χ2n) is 3.75. The van der Waals surface area contributed by atoms with Crippen molar-refractivity contribution in [2.75, 3.05) is 32.8 Å². The zero-order valence-electron chi connectivity index (χ0n) is 11.6. The molecule has 0 unspecified atom stereocenters. The van der Waals surface area contributed by atoms with Gasteiger partial charge >= 0.3 is 5.97 Å². The van der Waals surface area contributed by atoms with Crippen molar-refractivity contribution >= 4 is 17.6 Å². The number of carbonyl (C=O) groups excluding carboxylic acids is 1. The zero-order chi connectivity index (χ0) is 15.1. The standard InChI is InChI=1S/C13H17NO6/c1-4-20-7-11(15)14-9-5-8(13(16)17)6-10(18-2)12(9)19-3/h5-6H,4,7H2,1-3H3,(H,14,15)(H,16,17). The Hall–Kier alpha value is -2.28. The van der Waals surface area contributed by atoms with Gasteiger partial charge in [0.05, 0.1) is 25.5 Å². The molecule has 0 aliphatic carbocycles. The Morgan fingerprint density at radius 2 is 1.95 bits per heavy atom. The number of methoxy groups -OCH3 is 2. The molecule has 0 radical (unpaired) electrons. The van der Waals surface area contributed by atoms with Crippen molar-refractivity contribution in [3.8, 4) is 11.5 Å². The van der Waals surface area contributed by atoms with Gasteiger partial charge in [-0.05, 0) is 19.1 Å². The van der Waals surface area contributed by atoms with Crippen LogP contribution in [0.4, 0.5) is 5.69 Å². The quantitative estimate of drug-likeness (QED) is 0.785. The highest BCUT2D eigenvalue weighted by Gasteiger charge is 2.17. The number of carbonyl (C=O) groups is 2. The van der Waals surface area contributed by atoms with E-state index < -0.39 is 11.9 Å². The summed E-state index contributed by atoms with van der Waals surface area (Å²) in [6.45, 7) is 2.05. The minimum absolute atomic E-state index is 0.0191. The summed E-state index contributed by atoms with van der Waals surface area (Å²) in [5, 5.41) is 11.6. The lowest BCUT2D eigenvalue weighted by Gasteiger charge is -2.14. The third-order valence-electron chi connectivity index (χ3n) is 2.44. The van der Waals surface area contributed by atoms with Gasteiger partial charge in [0.15, 0.2) is 11.5 Å². The van der Waals surface area contributed by atoms with Crippen molar-refractivity contribution in [2.45, 2.75) is 6.92 Å². The smallest absolute Gasteiger partial charge is 0.335 e. The third-order valence-corrected chi connectivity index (χ3v) is 2.44. The molecule has 2 N–H and O–H groups in total. The Labute approximate surface area is 116 Å². The Bertz CT molecular complexity index is 500. The fourth-order valence-corrected chi connectivity index (χ4v) is 1.56. The van der Waals surface area contributed by atoms with E-state index in [1.54, 1.807) is 6.92 Å². The van der Waals surface area contributed by atoms with Gasteiger partial charge in [0.1, 0.15) is 6.61 Å². The number of carboxylic acid groups (broad SMARTS) is 1. The highest BCUT2D eigenvalue weighted by Crippen LogP contribution is 2.36. The molecule has 0 saturated carbocycles. The largest absolute Gasteiger partial charge is 0.493 e. The number of rotatable bonds is 7. The molecule has 0 bridgehead atoms. The van der Waals surface area contributed by atoms with Gasteiger partial charge in [-0.15, -0.1) is 0 Å². The number of anilines is 1. The minimum atomic E-state index is -1.13. The van der Waals surface area contributed by atoms with Gasteiger partial charge in [-0.3, -0.25) is 4.79 Å². The second-order valence-corrected chi connectivity index (χ2v) is 3.75. The Kier molecular flexibility index (Phi) is 5.79. The van der Waals surface area contributed by atoms with Gasteiger partial charge in [-0.1, -0.05) is 0 Å². The first-order valence-electron chi connectivity index (χ1n) is 5.90. The van der Waals surface area contributed by atoms with Crippen LogP contribution in [0.15, 0.2) is 12.1 Å². The van der Waals surface area contributed by atoms with Crippen LogP contribution in [0.3, 0.4) is 0 Å². The average molecular weight is 283 g/mol. The molecule has 1 aromatic rings. The first-order chi connectivity index (χ1) is 9.53. The van der Waals surface area contributed by atoms with Gasteiger partial charge in [0.2, 0.25) is 5.91 Å². The van der Waals surface area contributed by atoms with Crippen molar-refractivity contribution in [3.05, 3.63) is 17.7 Å². The number of carboxylic acids is 1. The molecule has 20 heavy (non-hydrogen) atoms. The molecule has 1 rings (SSSR count). The molecule has 1 amide bonds. The molecule has 0 spiro atoms. The number of amides is 1. The van der Waals surface area contributed by atoms with E-state index in [-0.39, 0.29) is 29.4 Å². The van der Waals surface area contributed by atoms with Crippen LogP contribution in [-0.4, -0.2) is 44.4 Å². The second kappa shape index (κ2) is 7.34. The number of ether oxygens (including phenoxy) is 3. The summed E-state index contributed by atoms with van der Waals surface area (Å²) in [6.07, 6.45) is 0. The molecule has 0 aliphatic heterocycles. The van der Waals surface area contributed by atoms with E-state index in [0.717, 1.165) is 0 Å². The highest BCUT2D eigenvalue weighted by atomic mass is 16.5. The number of aromatic carboxylic acids is 1. The van der Waals surface area contributed by atoms with Crippen LogP contribution in [0.2, 0.25) is 0 Å². The van der Waals surface area contributed by atoms with E-state index in [4.69, 9.17) is 19.3 Å². The molecule has 0 heterocycles. The number of hydrogen-bond acceptors (Lipinski definition) is 5. The topological polar surface area (TPSA) is 94.1 Å². The van der Waals surface area contributed by atoms with Crippen LogP contribution in [0.1, 0.15) is 17.3 Å². The predicted octanol–water partition coefficient (Wildman–Crippen LogP) is 1.38. The first-order valence-corrected chi connectivity index (χ1v) is 5.90. The fraction of sp³-hybridized carbons (Fsp3) is 0.385. The summed E-state index contributed by atoms with van der Waals surface area (Å²) < 4.78 is 15.2. The molecule has 0 atom stereocenters. The Morgan fingerprint density at radius 3 is 2.45 bits per heavy atom. The van der Waals surface area contributed by atoms with Crippen LogP contribution >= 0.6 is 0 Å². The van der Waals surface area contributed by atoms with E-state index in [0.29, 0.717) is 6.61 Å². The Morgan fingerprint density at radius 1 is 1.25 bits per heavy atom. The normalized spacial score (nSPS) is 9.95. The molecule has 0 saturated heterocycles. The van der Waals surface area contributed by atoms with Gasteiger partial charge < -0.3 is 24.6 Å². The maximum atomic E-state index is 11.6. The maximum Gasteiger partial charge on any atom is 0.335 e. The van der Waals surface area contributed by atoms with Gasteiger partial charge in [0.25, 0.3) is 0 Å². The minimum Gasteiger partial charge on any atom is -0.493 e. The summed E-state index contributed by atoms with van der Waals surface area (Å²) in [5.74, 6) is -1.07. The van der Waals surface area contributed by atoms with Crippen molar-refractivity contribution in [1.29, 1.82) is 0 Å². The predicted molar refractivity (Wildman–Crippen MR) is 71.6 cm³/mol. The molecular formula is C13H17NO6. The van der Waals surface area contributed by atoms with E-state index in [1.165, 1.54) is 26.4 Å². The molecule has 110 valence electrons. The molecule has 1 aromatic carbocycles. The lowest BCUT2D eigenvalue weighted by molar-refractivity contribution is -0.120. The van der Waals surface area contributed by atoms with E-state index in [9.17, 15) is 9.59 Å². The van der Waals surface area contributed by atoms with E-state index >= 15 is 0 Å². The fourth-order valence-electron chi connectivity index (χ4n) is 1.56. The van der Waals surface area contributed by atoms with E-state index in [2.05, 4.69) is 5.32 Å².